The number of halogens is 3. The number of benzene rings is 3. The van der Waals surface area contributed by atoms with Crippen LogP contribution in [-0.4, -0.2) is 0 Å². The molecule has 0 heterocycles. The molecule has 32 heavy (non-hydrogen) atoms. The van der Waals surface area contributed by atoms with E-state index in [9.17, 15) is 8.78 Å². The zero-order chi connectivity index (χ0) is 22.5. The van der Waals surface area contributed by atoms with E-state index in [0.29, 0.717) is 23.0 Å². The Labute approximate surface area is 195 Å². The van der Waals surface area contributed by atoms with Crippen LogP contribution in [0.3, 0.4) is 0 Å². The average Bonchev–Trinajstić information content (AvgIpc) is 2.81. The maximum Gasteiger partial charge on any atom is 0.142 e. The smallest absolute Gasteiger partial charge is 0.142 e. The summed E-state index contributed by atoms with van der Waals surface area (Å²) in [6.45, 7) is 2.22. The molecule has 0 atom stereocenters. The summed E-state index contributed by atoms with van der Waals surface area (Å²) >= 11 is 5.74. The molecule has 0 radical (unpaired) electrons. The van der Waals surface area contributed by atoms with E-state index in [1.807, 2.05) is 6.07 Å². The Balaban J connectivity index is 1.30. The maximum absolute atomic E-state index is 14.7. The lowest BCUT2D eigenvalue weighted by molar-refractivity contribution is 0.310. The van der Waals surface area contributed by atoms with E-state index in [4.69, 9.17) is 11.6 Å². The van der Waals surface area contributed by atoms with E-state index in [1.54, 1.807) is 18.2 Å². The largest absolute Gasteiger partial charge is 0.206 e. The van der Waals surface area contributed by atoms with Crippen LogP contribution in [0.5, 0.6) is 0 Å². The summed E-state index contributed by atoms with van der Waals surface area (Å²) in [4.78, 5) is 0. The molecule has 3 aromatic rings. The van der Waals surface area contributed by atoms with Crippen molar-refractivity contribution in [3.8, 4) is 11.1 Å². The Kier molecular flexibility index (Phi) is 7.63. The van der Waals surface area contributed by atoms with Gasteiger partial charge < -0.3 is 0 Å². The molecular formula is C29H31ClF2. The molecule has 4 rings (SSSR count). The maximum atomic E-state index is 14.7. The molecule has 0 spiro atoms. The molecule has 3 aromatic carbocycles. The normalized spacial score (nSPS) is 18.6. The van der Waals surface area contributed by atoms with Gasteiger partial charge in [0.2, 0.25) is 0 Å². The molecule has 0 unspecified atom stereocenters. The van der Waals surface area contributed by atoms with Crippen LogP contribution in [-0.2, 0) is 12.8 Å². The van der Waals surface area contributed by atoms with Gasteiger partial charge in [-0.15, -0.1) is 0 Å². The summed E-state index contributed by atoms with van der Waals surface area (Å²) in [5.41, 5.74) is 4.85. The van der Waals surface area contributed by atoms with Crippen molar-refractivity contribution >= 4 is 11.6 Å². The number of hydrogen-bond donors (Lipinski definition) is 0. The summed E-state index contributed by atoms with van der Waals surface area (Å²) in [7, 11) is 0. The molecule has 0 N–H and O–H groups in total. The third-order valence-corrected chi connectivity index (χ3v) is 7.25. The fraction of sp³-hybridized carbons (Fsp3) is 0.379. The predicted octanol–water partition coefficient (Wildman–Crippen LogP) is 9.14. The van der Waals surface area contributed by atoms with Crippen LogP contribution in [0, 0.1) is 17.6 Å². The van der Waals surface area contributed by atoms with Gasteiger partial charge in [0.15, 0.2) is 0 Å². The average molecular weight is 453 g/mol. The second-order valence-electron chi connectivity index (χ2n) is 9.19. The first-order chi connectivity index (χ1) is 15.5. The summed E-state index contributed by atoms with van der Waals surface area (Å²) in [5, 5.41) is 0.0500. The van der Waals surface area contributed by atoms with Crippen molar-refractivity contribution in [2.75, 3.05) is 0 Å². The van der Waals surface area contributed by atoms with Crippen molar-refractivity contribution in [3.05, 3.63) is 94.0 Å². The van der Waals surface area contributed by atoms with Crippen molar-refractivity contribution in [3.63, 3.8) is 0 Å². The van der Waals surface area contributed by atoms with Crippen LogP contribution in [0.2, 0.25) is 5.02 Å². The summed E-state index contributed by atoms with van der Waals surface area (Å²) in [6, 6.07) is 19.0. The molecule has 0 aliphatic heterocycles. The monoisotopic (exact) mass is 452 g/mol. The standard InChI is InChI=1S/C29H31ClF2/c1-2-3-20-6-11-23(12-7-20)24-13-8-21(9-14-24)4-5-22-10-16-26(28(31)18-22)25-15-17-27(30)29(32)19-25/h6-7,10-12,15-19,21,24H,2-5,8-9,13-14H2,1H3. The summed E-state index contributed by atoms with van der Waals surface area (Å²) in [5.74, 6) is 0.553. The molecule has 1 fully saturated rings. The van der Waals surface area contributed by atoms with Crippen molar-refractivity contribution in [2.24, 2.45) is 5.92 Å². The Hall–Kier alpha value is -2.19. The summed E-state index contributed by atoms with van der Waals surface area (Å²) in [6.07, 6.45) is 9.30. The minimum Gasteiger partial charge on any atom is -0.206 e. The molecule has 0 saturated heterocycles. The fourth-order valence-electron chi connectivity index (χ4n) is 5.01. The van der Waals surface area contributed by atoms with Gasteiger partial charge in [0.05, 0.1) is 5.02 Å². The van der Waals surface area contributed by atoms with E-state index >= 15 is 0 Å². The highest BCUT2D eigenvalue weighted by Crippen LogP contribution is 2.38. The minimum absolute atomic E-state index is 0.0500. The van der Waals surface area contributed by atoms with Gasteiger partial charge in [0.1, 0.15) is 11.6 Å². The van der Waals surface area contributed by atoms with E-state index in [0.717, 1.165) is 24.8 Å². The molecule has 0 aromatic heterocycles. The second-order valence-corrected chi connectivity index (χ2v) is 9.60. The number of rotatable bonds is 7. The highest BCUT2D eigenvalue weighted by molar-refractivity contribution is 6.30. The highest BCUT2D eigenvalue weighted by Gasteiger charge is 2.22. The van der Waals surface area contributed by atoms with Gasteiger partial charge >= 0.3 is 0 Å². The van der Waals surface area contributed by atoms with Crippen LogP contribution in [0.1, 0.15) is 68.1 Å². The Morgan fingerprint density at radius 1 is 0.781 bits per heavy atom. The third-order valence-electron chi connectivity index (χ3n) is 6.94. The van der Waals surface area contributed by atoms with Gasteiger partial charge in [-0.05, 0) is 97.2 Å². The molecule has 0 bridgehead atoms. The first-order valence-electron chi connectivity index (χ1n) is 11.9. The molecule has 1 aliphatic carbocycles. The van der Waals surface area contributed by atoms with Crippen molar-refractivity contribution < 1.29 is 8.78 Å². The molecule has 3 heteroatoms. The Morgan fingerprint density at radius 3 is 2.16 bits per heavy atom. The Morgan fingerprint density at radius 2 is 1.50 bits per heavy atom. The highest BCUT2D eigenvalue weighted by atomic mass is 35.5. The van der Waals surface area contributed by atoms with Crippen molar-refractivity contribution in [1.29, 1.82) is 0 Å². The molecule has 0 amide bonds. The predicted molar refractivity (Wildman–Crippen MR) is 130 cm³/mol. The van der Waals surface area contributed by atoms with Gasteiger partial charge in [-0.2, -0.15) is 0 Å². The Bertz CT molecular complexity index is 1030. The lowest BCUT2D eigenvalue weighted by Gasteiger charge is -2.29. The molecule has 1 aliphatic rings. The third kappa shape index (κ3) is 5.59. The fourth-order valence-corrected chi connectivity index (χ4v) is 5.13. The SMILES string of the molecule is CCCc1ccc(C2CCC(CCc3ccc(-c4ccc(Cl)c(F)c4)c(F)c3)CC2)cc1. The van der Waals surface area contributed by atoms with Gasteiger partial charge in [-0.25, -0.2) is 8.78 Å². The van der Waals surface area contributed by atoms with Crippen LogP contribution < -0.4 is 0 Å². The van der Waals surface area contributed by atoms with E-state index in [1.165, 1.54) is 55.4 Å². The van der Waals surface area contributed by atoms with Crippen LogP contribution >= 0.6 is 11.6 Å². The topological polar surface area (TPSA) is 0 Å². The molecule has 168 valence electrons. The van der Waals surface area contributed by atoms with Gasteiger partial charge in [0.25, 0.3) is 0 Å². The molecular weight excluding hydrogens is 422 g/mol. The first kappa shape index (κ1) is 23.0. The molecule has 1 saturated carbocycles. The summed E-state index contributed by atoms with van der Waals surface area (Å²) < 4.78 is 28.4. The lowest BCUT2D eigenvalue weighted by Crippen LogP contribution is -2.14. The van der Waals surface area contributed by atoms with Gasteiger partial charge in [-0.3, -0.25) is 0 Å². The lowest BCUT2D eigenvalue weighted by atomic mass is 9.76. The first-order valence-corrected chi connectivity index (χ1v) is 12.2. The zero-order valence-electron chi connectivity index (χ0n) is 18.7. The minimum atomic E-state index is -0.528. The number of aryl methyl sites for hydroxylation is 2. The van der Waals surface area contributed by atoms with Crippen molar-refractivity contribution in [1.82, 2.24) is 0 Å². The van der Waals surface area contributed by atoms with Crippen LogP contribution in [0.15, 0.2) is 60.7 Å². The molecule has 0 nitrogen and oxygen atoms in total. The van der Waals surface area contributed by atoms with Crippen LogP contribution in [0.4, 0.5) is 8.78 Å². The van der Waals surface area contributed by atoms with Gasteiger partial charge in [0, 0.05) is 5.56 Å². The zero-order valence-corrected chi connectivity index (χ0v) is 19.5. The quantitative estimate of drug-likeness (QED) is 0.335. The van der Waals surface area contributed by atoms with E-state index < -0.39 is 5.82 Å². The van der Waals surface area contributed by atoms with Crippen molar-refractivity contribution in [2.45, 2.75) is 64.2 Å². The van der Waals surface area contributed by atoms with Crippen LogP contribution in [0.25, 0.3) is 11.1 Å². The number of hydrogen-bond acceptors (Lipinski definition) is 0. The van der Waals surface area contributed by atoms with E-state index in [-0.39, 0.29) is 10.8 Å². The van der Waals surface area contributed by atoms with Gasteiger partial charge in [-0.1, -0.05) is 67.4 Å². The second kappa shape index (κ2) is 10.6. The van der Waals surface area contributed by atoms with E-state index in [2.05, 4.69) is 31.2 Å².